The second-order valence-electron chi connectivity index (χ2n) is 9.57. The summed E-state index contributed by atoms with van der Waals surface area (Å²) in [7, 11) is 0. The quantitative estimate of drug-likeness (QED) is 0.379. The molecule has 0 aliphatic heterocycles. The van der Waals surface area contributed by atoms with Crippen LogP contribution < -0.4 is 4.74 Å². The highest BCUT2D eigenvalue weighted by molar-refractivity contribution is 5.40. The van der Waals surface area contributed by atoms with E-state index in [-0.39, 0.29) is 5.92 Å². The van der Waals surface area contributed by atoms with Gasteiger partial charge in [-0.25, -0.2) is 0 Å². The van der Waals surface area contributed by atoms with Crippen molar-refractivity contribution in [1.29, 1.82) is 0 Å². The zero-order chi connectivity index (χ0) is 21.6. The van der Waals surface area contributed by atoms with E-state index in [4.69, 9.17) is 4.74 Å². The average molecular weight is 425 g/mol. The molecule has 0 spiro atoms. The van der Waals surface area contributed by atoms with Crippen LogP contribution in [0.3, 0.4) is 0 Å². The fourth-order valence-corrected chi connectivity index (χ4v) is 5.93. The lowest BCUT2D eigenvalue weighted by Gasteiger charge is -2.38. The van der Waals surface area contributed by atoms with Crippen LogP contribution in [0.5, 0.6) is 5.75 Å². The van der Waals surface area contributed by atoms with Gasteiger partial charge in [-0.3, -0.25) is 0 Å². The molecule has 1 aromatic carbocycles. The summed E-state index contributed by atoms with van der Waals surface area (Å²) in [5.41, 5.74) is -0.0199. The molecule has 0 bridgehead atoms. The maximum atomic E-state index is 13.7. The molecule has 170 valence electrons. The molecule has 0 atom stereocenters. The molecule has 0 heterocycles. The van der Waals surface area contributed by atoms with E-state index in [2.05, 4.69) is 6.92 Å². The Balaban J connectivity index is 1.55. The van der Waals surface area contributed by atoms with Crippen LogP contribution in [0.15, 0.2) is 18.2 Å². The van der Waals surface area contributed by atoms with Gasteiger partial charge in [0.15, 0.2) is 0 Å². The number of halogens is 3. The molecular formula is C26H39F3O. The summed E-state index contributed by atoms with van der Waals surface area (Å²) in [4.78, 5) is 0. The Bertz CT molecular complexity index is 638. The molecule has 0 aromatic heterocycles. The Morgan fingerprint density at radius 1 is 0.867 bits per heavy atom. The maximum Gasteiger partial charge on any atom is 0.416 e. The summed E-state index contributed by atoms with van der Waals surface area (Å²) in [5, 5.41) is 0. The second-order valence-corrected chi connectivity index (χ2v) is 9.57. The van der Waals surface area contributed by atoms with Crippen molar-refractivity contribution in [3.05, 3.63) is 29.3 Å². The molecule has 2 aliphatic carbocycles. The van der Waals surface area contributed by atoms with Crippen molar-refractivity contribution in [2.75, 3.05) is 6.61 Å². The third kappa shape index (κ3) is 6.17. The molecule has 0 radical (unpaired) electrons. The SMILES string of the molecule is CCCCCC1CCC(C2CCC(c3ccc(OCC)cc3C(F)(F)F)CC2)CC1. The van der Waals surface area contributed by atoms with Crippen molar-refractivity contribution in [2.24, 2.45) is 17.8 Å². The summed E-state index contributed by atoms with van der Waals surface area (Å²) in [5.74, 6) is 2.78. The smallest absolute Gasteiger partial charge is 0.416 e. The molecule has 0 saturated heterocycles. The normalized spacial score (nSPS) is 27.8. The van der Waals surface area contributed by atoms with Crippen LogP contribution in [-0.4, -0.2) is 6.61 Å². The Morgan fingerprint density at radius 2 is 1.50 bits per heavy atom. The van der Waals surface area contributed by atoms with E-state index in [1.54, 1.807) is 19.1 Å². The molecule has 4 heteroatoms. The van der Waals surface area contributed by atoms with Gasteiger partial charge in [0.25, 0.3) is 0 Å². The van der Waals surface area contributed by atoms with Gasteiger partial charge in [-0.15, -0.1) is 0 Å². The second kappa shape index (κ2) is 10.9. The summed E-state index contributed by atoms with van der Waals surface area (Å²) < 4.78 is 46.4. The lowest BCUT2D eigenvalue weighted by molar-refractivity contribution is -0.138. The minimum atomic E-state index is -4.32. The molecule has 0 unspecified atom stereocenters. The van der Waals surface area contributed by atoms with Crippen molar-refractivity contribution in [3.8, 4) is 5.75 Å². The Morgan fingerprint density at radius 3 is 2.07 bits per heavy atom. The molecule has 3 rings (SSSR count). The first-order valence-electron chi connectivity index (χ1n) is 12.3. The first-order valence-corrected chi connectivity index (χ1v) is 12.3. The van der Waals surface area contributed by atoms with E-state index < -0.39 is 11.7 Å². The van der Waals surface area contributed by atoms with E-state index in [1.807, 2.05) is 0 Å². The van der Waals surface area contributed by atoms with Crippen LogP contribution in [0.1, 0.15) is 108 Å². The largest absolute Gasteiger partial charge is 0.494 e. The molecule has 30 heavy (non-hydrogen) atoms. The van der Waals surface area contributed by atoms with Gasteiger partial charge in [0.1, 0.15) is 5.75 Å². The van der Waals surface area contributed by atoms with Gasteiger partial charge in [-0.2, -0.15) is 13.2 Å². The van der Waals surface area contributed by atoms with Gasteiger partial charge in [-0.1, -0.05) is 51.5 Å². The molecule has 0 amide bonds. The Labute approximate surface area is 180 Å². The highest BCUT2D eigenvalue weighted by Gasteiger charge is 2.38. The number of benzene rings is 1. The third-order valence-electron chi connectivity index (χ3n) is 7.63. The minimum Gasteiger partial charge on any atom is -0.494 e. The maximum absolute atomic E-state index is 13.7. The number of rotatable bonds is 8. The molecule has 2 saturated carbocycles. The number of ether oxygens (including phenoxy) is 1. The van der Waals surface area contributed by atoms with E-state index >= 15 is 0 Å². The van der Waals surface area contributed by atoms with Crippen LogP contribution in [0.2, 0.25) is 0 Å². The molecule has 1 aromatic rings. The van der Waals surface area contributed by atoms with Crippen molar-refractivity contribution in [3.63, 3.8) is 0 Å². The molecular weight excluding hydrogens is 385 g/mol. The van der Waals surface area contributed by atoms with Crippen LogP contribution in [0.25, 0.3) is 0 Å². The Hall–Kier alpha value is -1.19. The van der Waals surface area contributed by atoms with E-state index in [0.717, 1.165) is 43.4 Å². The average Bonchev–Trinajstić information content (AvgIpc) is 2.74. The van der Waals surface area contributed by atoms with Crippen LogP contribution >= 0.6 is 0 Å². The number of unbranched alkanes of at least 4 members (excludes halogenated alkanes) is 2. The van der Waals surface area contributed by atoms with E-state index in [9.17, 15) is 13.2 Å². The Kier molecular flexibility index (Phi) is 8.53. The van der Waals surface area contributed by atoms with Gasteiger partial charge in [0.05, 0.1) is 12.2 Å². The fraction of sp³-hybridized carbons (Fsp3) is 0.769. The summed E-state index contributed by atoms with van der Waals surface area (Å²) >= 11 is 0. The molecule has 2 aliphatic rings. The summed E-state index contributed by atoms with van der Waals surface area (Å²) in [6.45, 7) is 4.43. The van der Waals surface area contributed by atoms with Gasteiger partial charge >= 0.3 is 6.18 Å². The third-order valence-corrected chi connectivity index (χ3v) is 7.63. The van der Waals surface area contributed by atoms with Gasteiger partial charge in [0.2, 0.25) is 0 Å². The summed E-state index contributed by atoms with van der Waals surface area (Å²) in [6.07, 6.45) is 10.4. The first-order chi connectivity index (χ1) is 14.4. The highest BCUT2D eigenvalue weighted by atomic mass is 19.4. The number of hydrogen-bond donors (Lipinski definition) is 0. The molecule has 2 fully saturated rings. The predicted molar refractivity (Wildman–Crippen MR) is 117 cm³/mol. The van der Waals surface area contributed by atoms with Gasteiger partial charge in [0, 0.05) is 0 Å². The minimum absolute atomic E-state index is 0.0268. The topological polar surface area (TPSA) is 9.23 Å². The predicted octanol–water partition coefficient (Wildman–Crippen LogP) is 8.76. The highest BCUT2D eigenvalue weighted by Crippen LogP contribution is 2.47. The summed E-state index contributed by atoms with van der Waals surface area (Å²) in [6, 6.07) is 4.57. The lowest BCUT2D eigenvalue weighted by atomic mass is 9.67. The van der Waals surface area contributed by atoms with Gasteiger partial charge in [-0.05, 0) is 86.8 Å². The number of alkyl halides is 3. The van der Waals surface area contributed by atoms with Crippen molar-refractivity contribution >= 4 is 0 Å². The zero-order valence-corrected chi connectivity index (χ0v) is 18.8. The number of hydrogen-bond acceptors (Lipinski definition) is 1. The van der Waals surface area contributed by atoms with Crippen LogP contribution in [0.4, 0.5) is 13.2 Å². The van der Waals surface area contributed by atoms with Crippen LogP contribution in [-0.2, 0) is 6.18 Å². The van der Waals surface area contributed by atoms with E-state index in [0.29, 0.717) is 17.9 Å². The van der Waals surface area contributed by atoms with Crippen molar-refractivity contribution < 1.29 is 17.9 Å². The monoisotopic (exact) mass is 424 g/mol. The van der Waals surface area contributed by atoms with Crippen LogP contribution in [0, 0.1) is 17.8 Å². The lowest BCUT2D eigenvalue weighted by Crippen LogP contribution is -2.26. The molecule has 1 nitrogen and oxygen atoms in total. The van der Waals surface area contributed by atoms with Crippen molar-refractivity contribution in [1.82, 2.24) is 0 Å². The van der Waals surface area contributed by atoms with E-state index in [1.165, 1.54) is 57.4 Å². The standard InChI is InChI=1S/C26H39F3O/c1-3-5-6-7-19-8-10-20(11-9-19)21-12-14-22(15-13-21)24-17-16-23(30-4-2)18-25(24)26(27,28)29/h16-22H,3-15H2,1-2H3. The first kappa shape index (κ1) is 23.5. The van der Waals surface area contributed by atoms with Gasteiger partial charge < -0.3 is 4.74 Å². The molecule has 0 N–H and O–H groups in total. The fourth-order valence-electron chi connectivity index (χ4n) is 5.93. The zero-order valence-electron chi connectivity index (χ0n) is 18.8. The van der Waals surface area contributed by atoms with Crippen molar-refractivity contribution in [2.45, 2.75) is 103 Å².